The Balaban J connectivity index is 1.50. The van der Waals surface area contributed by atoms with E-state index < -0.39 is 5.82 Å². The molecule has 32 heavy (non-hydrogen) atoms. The number of amides is 1. The summed E-state index contributed by atoms with van der Waals surface area (Å²) in [5.41, 5.74) is 6.11. The van der Waals surface area contributed by atoms with Gasteiger partial charge < -0.3 is 10.2 Å². The summed E-state index contributed by atoms with van der Waals surface area (Å²) in [6, 6.07) is 13.3. The largest absolute Gasteiger partial charge is 0.370 e. The van der Waals surface area contributed by atoms with E-state index in [9.17, 15) is 9.18 Å². The molecule has 3 aromatic rings. The standard InChI is InChI=1S/C26H29FN4O/c1-18-9-11-21(12-10-18)17-31-20(3)22(19(2)29-31)13-14-25(32)28-26-23(27)7-6-8-24(26)30-15-4-5-16-30/h6-14H,4-5,15-17H2,1-3H3,(H,28,32)/b14-13+. The number of anilines is 2. The summed E-state index contributed by atoms with van der Waals surface area (Å²) in [7, 11) is 0. The molecule has 0 unspecified atom stereocenters. The number of para-hydroxylation sites is 1. The van der Waals surface area contributed by atoms with Crippen LogP contribution in [-0.2, 0) is 11.3 Å². The third-order valence-corrected chi connectivity index (χ3v) is 5.98. The maximum Gasteiger partial charge on any atom is 0.248 e. The number of rotatable bonds is 6. The van der Waals surface area contributed by atoms with Crippen molar-refractivity contribution in [2.75, 3.05) is 23.3 Å². The molecular formula is C26H29FN4O. The van der Waals surface area contributed by atoms with Gasteiger partial charge in [0, 0.05) is 30.4 Å². The number of aromatic nitrogens is 2. The average molecular weight is 433 g/mol. The lowest BCUT2D eigenvalue weighted by atomic mass is 10.1. The molecular weight excluding hydrogens is 403 g/mol. The van der Waals surface area contributed by atoms with Crippen LogP contribution >= 0.6 is 0 Å². The first-order valence-corrected chi connectivity index (χ1v) is 11.0. The quantitative estimate of drug-likeness (QED) is 0.542. The maximum atomic E-state index is 14.5. The van der Waals surface area contributed by atoms with E-state index in [1.165, 1.54) is 23.3 Å². The van der Waals surface area contributed by atoms with Crippen LogP contribution in [-0.4, -0.2) is 28.8 Å². The molecule has 5 nitrogen and oxygen atoms in total. The van der Waals surface area contributed by atoms with Gasteiger partial charge in [-0.15, -0.1) is 0 Å². The molecule has 4 rings (SSSR count). The summed E-state index contributed by atoms with van der Waals surface area (Å²) in [6.07, 6.45) is 5.37. The van der Waals surface area contributed by atoms with E-state index in [1.54, 1.807) is 12.1 Å². The summed E-state index contributed by atoms with van der Waals surface area (Å²) < 4.78 is 16.5. The fourth-order valence-electron chi connectivity index (χ4n) is 4.15. The van der Waals surface area contributed by atoms with E-state index in [4.69, 9.17) is 0 Å². The van der Waals surface area contributed by atoms with Crippen molar-refractivity contribution in [3.05, 3.63) is 82.4 Å². The summed E-state index contributed by atoms with van der Waals surface area (Å²) in [5.74, 6) is -0.782. The fraction of sp³-hybridized carbons (Fsp3) is 0.308. The van der Waals surface area contributed by atoms with E-state index in [0.29, 0.717) is 6.54 Å². The van der Waals surface area contributed by atoms with Crippen molar-refractivity contribution in [3.63, 3.8) is 0 Å². The summed E-state index contributed by atoms with van der Waals surface area (Å²) in [4.78, 5) is 14.8. The predicted octanol–water partition coefficient (Wildman–Crippen LogP) is 5.25. The van der Waals surface area contributed by atoms with Crippen LogP contribution in [0.5, 0.6) is 0 Å². The van der Waals surface area contributed by atoms with Crippen LogP contribution in [0.3, 0.4) is 0 Å². The van der Waals surface area contributed by atoms with Crippen molar-refractivity contribution in [1.82, 2.24) is 9.78 Å². The molecule has 1 aliphatic heterocycles. The topological polar surface area (TPSA) is 50.2 Å². The van der Waals surface area contributed by atoms with E-state index in [1.807, 2.05) is 24.6 Å². The molecule has 1 aromatic heterocycles. The predicted molar refractivity (Wildman–Crippen MR) is 127 cm³/mol. The molecule has 2 heterocycles. The van der Waals surface area contributed by atoms with Crippen LogP contribution in [0.15, 0.2) is 48.5 Å². The lowest BCUT2D eigenvalue weighted by Gasteiger charge is -2.21. The van der Waals surface area contributed by atoms with Gasteiger partial charge in [0.15, 0.2) is 0 Å². The Morgan fingerprint density at radius 2 is 1.81 bits per heavy atom. The van der Waals surface area contributed by atoms with E-state index in [-0.39, 0.29) is 11.6 Å². The fourth-order valence-corrected chi connectivity index (χ4v) is 4.15. The Bertz CT molecular complexity index is 1140. The molecule has 6 heteroatoms. The number of benzene rings is 2. The van der Waals surface area contributed by atoms with Crippen molar-refractivity contribution in [2.24, 2.45) is 0 Å². The highest BCUT2D eigenvalue weighted by molar-refractivity contribution is 6.04. The molecule has 0 bridgehead atoms. The second-order valence-corrected chi connectivity index (χ2v) is 8.38. The number of aryl methyl sites for hydroxylation is 2. The van der Waals surface area contributed by atoms with Crippen molar-refractivity contribution in [3.8, 4) is 0 Å². The summed E-state index contributed by atoms with van der Waals surface area (Å²) >= 11 is 0. The highest BCUT2D eigenvalue weighted by Gasteiger charge is 2.19. The van der Waals surface area contributed by atoms with Gasteiger partial charge in [-0.3, -0.25) is 9.48 Å². The highest BCUT2D eigenvalue weighted by atomic mass is 19.1. The van der Waals surface area contributed by atoms with Crippen molar-refractivity contribution in [2.45, 2.75) is 40.2 Å². The van der Waals surface area contributed by atoms with Gasteiger partial charge in [0.25, 0.3) is 0 Å². The van der Waals surface area contributed by atoms with Gasteiger partial charge in [-0.05, 0) is 57.4 Å². The minimum atomic E-state index is -0.422. The van der Waals surface area contributed by atoms with Crippen LogP contribution in [0.2, 0.25) is 0 Å². The zero-order valence-electron chi connectivity index (χ0n) is 18.9. The number of hydrogen-bond donors (Lipinski definition) is 1. The molecule has 0 radical (unpaired) electrons. The zero-order valence-corrected chi connectivity index (χ0v) is 18.9. The minimum Gasteiger partial charge on any atom is -0.370 e. The second-order valence-electron chi connectivity index (χ2n) is 8.38. The van der Waals surface area contributed by atoms with Crippen molar-refractivity contribution in [1.29, 1.82) is 0 Å². The maximum absolute atomic E-state index is 14.5. The number of hydrogen-bond acceptors (Lipinski definition) is 3. The number of halogens is 1. The Morgan fingerprint density at radius 3 is 2.53 bits per heavy atom. The molecule has 166 valence electrons. The van der Waals surface area contributed by atoms with Gasteiger partial charge in [0.05, 0.1) is 17.9 Å². The van der Waals surface area contributed by atoms with E-state index in [2.05, 4.69) is 46.5 Å². The van der Waals surface area contributed by atoms with Crippen LogP contribution in [0.25, 0.3) is 6.08 Å². The van der Waals surface area contributed by atoms with Crippen LogP contribution in [0.4, 0.5) is 15.8 Å². The summed E-state index contributed by atoms with van der Waals surface area (Å²) in [6.45, 7) is 8.41. The third-order valence-electron chi connectivity index (χ3n) is 5.98. The Kier molecular flexibility index (Phi) is 6.40. The molecule has 0 spiro atoms. The van der Waals surface area contributed by atoms with Gasteiger partial charge in [-0.2, -0.15) is 5.10 Å². The molecule has 1 amide bonds. The lowest BCUT2D eigenvalue weighted by molar-refractivity contribution is -0.111. The molecule has 0 saturated carbocycles. The molecule has 2 aromatic carbocycles. The highest BCUT2D eigenvalue weighted by Crippen LogP contribution is 2.31. The van der Waals surface area contributed by atoms with Crippen LogP contribution in [0, 0.1) is 26.6 Å². The molecule has 0 aliphatic carbocycles. The Labute approximate surface area is 188 Å². The molecule has 1 aliphatic rings. The van der Waals surface area contributed by atoms with E-state index >= 15 is 0 Å². The average Bonchev–Trinajstić information content (AvgIpc) is 3.39. The molecule has 1 N–H and O–H groups in total. The normalized spacial score (nSPS) is 13.8. The van der Waals surface area contributed by atoms with E-state index in [0.717, 1.165) is 48.6 Å². The van der Waals surface area contributed by atoms with Crippen molar-refractivity contribution < 1.29 is 9.18 Å². The number of nitrogens with one attached hydrogen (secondary N) is 1. The first kappa shape index (κ1) is 21.8. The minimum absolute atomic E-state index is 0.243. The number of nitrogens with zero attached hydrogens (tertiary/aromatic N) is 3. The van der Waals surface area contributed by atoms with Crippen LogP contribution < -0.4 is 10.2 Å². The molecule has 1 saturated heterocycles. The Hall–Kier alpha value is -3.41. The van der Waals surface area contributed by atoms with Gasteiger partial charge in [0.1, 0.15) is 11.5 Å². The SMILES string of the molecule is Cc1ccc(Cn2nc(C)c(/C=C/C(=O)Nc3c(F)cccc3N3CCCC3)c2C)cc1. The smallest absolute Gasteiger partial charge is 0.248 e. The van der Waals surface area contributed by atoms with Crippen LogP contribution in [0.1, 0.15) is 40.9 Å². The van der Waals surface area contributed by atoms with Crippen molar-refractivity contribution >= 4 is 23.4 Å². The first-order chi connectivity index (χ1) is 15.4. The number of carbonyl (C=O) groups is 1. The van der Waals surface area contributed by atoms with Gasteiger partial charge in [0.2, 0.25) is 5.91 Å². The van der Waals surface area contributed by atoms with Gasteiger partial charge in [-0.25, -0.2) is 4.39 Å². The number of carbonyl (C=O) groups excluding carboxylic acids is 1. The van der Waals surface area contributed by atoms with Gasteiger partial charge >= 0.3 is 0 Å². The van der Waals surface area contributed by atoms with Gasteiger partial charge in [-0.1, -0.05) is 35.9 Å². The lowest BCUT2D eigenvalue weighted by Crippen LogP contribution is -2.21. The first-order valence-electron chi connectivity index (χ1n) is 11.0. The molecule has 0 atom stereocenters. The zero-order chi connectivity index (χ0) is 22.7. The summed E-state index contributed by atoms with van der Waals surface area (Å²) in [5, 5.41) is 7.38. The third kappa shape index (κ3) is 4.74. The molecule has 1 fully saturated rings. The monoisotopic (exact) mass is 432 g/mol. The second kappa shape index (κ2) is 9.39. The Morgan fingerprint density at radius 1 is 1.09 bits per heavy atom.